The first-order valence-corrected chi connectivity index (χ1v) is 8.71. The molecule has 1 aliphatic rings. The molecule has 0 saturated carbocycles. The van der Waals surface area contributed by atoms with Crippen molar-refractivity contribution in [3.8, 4) is 11.5 Å². The van der Waals surface area contributed by atoms with Gasteiger partial charge in [0.05, 0.1) is 19.2 Å². The van der Waals surface area contributed by atoms with E-state index in [2.05, 4.69) is 0 Å². The summed E-state index contributed by atoms with van der Waals surface area (Å²) in [4.78, 5) is 39.5. The fourth-order valence-corrected chi connectivity index (χ4v) is 2.92. The van der Waals surface area contributed by atoms with Crippen LogP contribution in [-0.2, 0) is 4.79 Å². The van der Waals surface area contributed by atoms with Crippen LogP contribution in [0.5, 0.6) is 11.5 Å². The number of imide groups is 1. The summed E-state index contributed by atoms with van der Waals surface area (Å²) < 4.78 is 10.9. The van der Waals surface area contributed by atoms with Crippen LogP contribution < -0.4 is 9.47 Å². The molecule has 0 fully saturated rings. The van der Waals surface area contributed by atoms with Gasteiger partial charge in [0.2, 0.25) is 0 Å². The molecule has 0 N–H and O–H groups in total. The van der Waals surface area contributed by atoms with Crippen LogP contribution in [0.1, 0.15) is 34.6 Å². The number of benzene rings is 2. The smallest absolute Gasteiger partial charge is 0.271 e. The fourth-order valence-electron chi connectivity index (χ4n) is 2.92. The summed E-state index contributed by atoms with van der Waals surface area (Å²) in [6, 6.07) is 13.2. The molecule has 3 rings (SSSR count). The molecular weight excluding hydrogens is 346 g/mol. The van der Waals surface area contributed by atoms with Crippen molar-refractivity contribution in [3.05, 3.63) is 59.7 Å². The summed E-state index contributed by atoms with van der Waals surface area (Å²) in [5.41, 5.74) is 0.674. The third-order valence-electron chi connectivity index (χ3n) is 4.45. The van der Waals surface area contributed by atoms with Gasteiger partial charge >= 0.3 is 0 Å². The van der Waals surface area contributed by atoms with Crippen molar-refractivity contribution < 1.29 is 23.9 Å². The molecule has 0 bridgehead atoms. The Labute approximate surface area is 157 Å². The van der Waals surface area contributed by atoms with E-state index in [1.807, 2.05) is 13.8 Å². The average Bonchev–Trinajstić information content (AvgIpc) is 2.78. The summed E-state index contributed by atoms with van der Waals surface area (Å²) in [5.74, 6) is -0.547. The quantitative estimate of drug-likeness (QED) is 0.600. The highest BCUT2D eigenvalue weighted by Gasteiger charge is 2.38. The number of nitrogens with zero attached hydrogens (tertiary/aromatic N) is 1. The van der Waals surface area contributed by atoms with E-state index in [0.717, 1.165) is 4.90 Å². The van der Waals surface area contributed by atoms with Crippen molar-refractivity contribution in [1.82, 2.24) is 4.90 Å². The SMILES string of the molecule is COc1ccc(C(=O)CN2C(=O)c3ccccc3OC(C(C)C)C2=O)cc1. The zero-order valence-corrected chi connectivity index (χ0v) is 15.5. The van der Waals surface area contributed by atoms with Gasteiger partial charge in [0.15, 0.2) is 11.9 Å². The lowest BCUT2D eigenvalue weighted by Gasteiger charge is -2.24. The number of hydrogen-bond acceptors (Lipinski definition) is 5. The van der Waals surface area contributed by atoms with Crippen LogP contribution in [0.4, 0.5) is 0 Å². The number of rotatable bonds is 5. The average molecular weight is 367 g/mol. The maximum atomic E-state index is 12.9. The minimum absolute atomic E-state index is 0.157. The largest absolute Gasteiger partial charge is 0.497 e. The van der Waals surface area contributed by atoms with Crippen molar-refractivity contribution in [2.45, 2.75) is 20.0 Å². The molecule has 0 spiro atoms. The number of hydrogen-bond donors (Lipinski definition) is 0. The fraction of sp³-hybridized carbons (Fsp3) is 0.286. The molecule has 6 nitrogen and oxygen atoms in total. The van der Waals surface area contributed by atoms with Gasteiger partial charge < -0.3 is 9.47 Å². The first-order chi connectivity index (χ1) is 12.9. The Morgan fingerprint density at radius 2 is 1.78 bits per heavy atom. The van der Waals surface area contributed by atoms with Gasteiger partial charge in [0, 0.05) is 5.56 Å². The van der Waals surface area contributed by atoms with Crippen molar-refractivity contribution in [2.24, 2.45) is 5.92 Å². The normalized spacial score (nSPS) is 16.6. The predicted octanol–water partition coefficient (Wildman–Crippen LogP) is 2.96. The molecule has 140 valence electrons. The second kappa shape index (κ2) is 7.61. The Hall–Kier alpha value is -3.15. The number of methoxy groups -OCH3 is 1. The van der Waals surface area contributed by atoms with Crippen LogP contribution in [0, 0.1) is 5.92 Å². The minimum Gasteiger partial charge on any atom is -0.497 e. The zero-order valence-electron chi connectivity index (χ0n) is 15.5. The topological polar surface area (TPSA) is 72.9 Å². The Morgan fingerprint density at radius 3 is 2.41 bits per heavy atom. The molecule has 0 aliphatic carbocycles. The van der Waals surface area contributed by atoms with Crippen molar-refractivity contribution >= 4 is 17.6 Å². The Kier molecular flexibility index (Phi) is 5.26. The van der Waals surface area contributed by atoms with Gasteiger partial charge in [0.25, 0.3) is 11.8 Å². The van der Waals surface area contributed by atoms with Crippen molar-refractivity contribution in [1.29, 1.82) is 0 Å². The van der Waals surface area contributed by atoms with Gasteiger partial charge in [-0.05, 0) is 42.3 Å². The minimum atomic E-state index is -0.832. The molecule has 2 aromatic carbocycles. The molecular formula is C21H21NO5. The summed E-state index contributed by atoms with van der Waals surface area (Å²) >= 11 is 0. The van der Waals surface area contributed by atoms with E-state index in [1.54, 1.807) is 48.5 Å². The summed E-state index contributed by atoms with van der Waals surface area (Å²) in [6.07, 6.45) is -0.832. The van der Waals surface area contributed by atoms with Gasteiger partial charge in [-0.1, -0.05) is 26.0 Å². The van der Waals surface area contributed by atoms with Crippen molar-refractivity contribution in [2.75, 3.05) is 13.7 Å². The Balaban J connectivity index is 1.92. The number of carbonyl (C=O) groups is 3. The number of ether oxygens (including phenoxy) is 2. The highest BCUT2D eigenvalue weighted by molar-refractivity contribution is 6.12. The number of fused-ring (bicyclic) bond motifs is 1. The molecule has 1 unspecified atom stereocenters. The van der Waals surface area contributed by atoms with Crippen LogP contribution >= 0.6 is 0 Å². The third-order valence-corrected chi connectivity index (χ3v) is 4.45. The van der Waals surface area contributed by atoms with Gasteiger partial charge in [0.1, 0.15) is 11.5 Å². The number of ketones is 1. The zero-order chi connectivity index (χ0) is 19.6. The standard InChI is InChI=1S/C21H21NO5/c1-13(2)19-21(25)22(20(24)16-6-4-5-7-18(16)27-19)12-17(23)14-8-10-15(26-3)11-9-14/h4-11,13,19H,12H2,1-3H3. The van der Waals surface area contributed by atoms with E-state index in [1.165, 1.54) is 7.11 Å². The number of para-hydroxylation sites is 1. The molecule has 6 heteroatoms. The maximum absolute atomic E-state index is 12.9. The molecule has 0 saturated heterocycles. The number of amides is 2. The van der Waals surface area contributed by atoms with E-state index in [4.69, 9.17) is 9.47 Å². The van der Waals surface area contributed by atoms with Gasteiger partial charge in [-0.3, -0.25) is 19.3 Å². The van der Waals surface area contributed by atoms with Crippen LogP contribution in [0.25, 0.3) is 0 Å². The first-order valence-electron chi connectivity index (χ1n) is 8.71. The molecule has 2 amide bonds. The summed E-state index contributed by atoms with van der Waals surface area (Å²) in [6.45, 7) is 3.33. The van der Waals surface area contributed by atoms with Crippen LogP contribution in [0.3, 0.4) is 0 Å². The van der Waals surface area contributed by atoms with Crippen molar-refractivity contribution in [3.63, 3.8) is 0 Å². The molecule has 0 aromatic heterocycles. The van der Waals surface area contributed by atoms with Crippen LogP contribution in [-0.4, -0.2) is 42.3 Å². The molecule has 2 aromatic rings. The van der Waals surface area contributed by atoms with Gasteiger partial charge in [-0.2, -0.15) is 0 Å². The molecule has 27 heavy (non-hydrogen) atoms. The van der Waals surface area contributed by atoms with E-state index in [9.17, 15) is 14.4 Å². The van der Waals surface area contributed by atoms with Crippen LogP contribution in [0.2, 0.25) is 0 Å². The number of Topliss-reactive ketones (excluding diaryl/α,β-unsaturated/α-hetero) is 1. The van der Waals surface area contributed by atoms with Crippen LogP contribution in [0.15, 0.2) is 48.5 Å². The van der Waals surface area contributed by atoms with Gasteiger partial charge in [-0.25, -0.2) is 0 Å². The summed E-state index contributed by atoms with van der Waals surface area (Å²) in [7, 11) is 1.54. The second-order valence-corrected chi connectivity index (χ2v) is 6.66. The third kappa shape index (κ3) is 3.69. The Morgan fingerprint density at radius 1 is 1.11 bits per heavy atom. The molecule has 1 heterocycles. The molecule has 0 radical (unpaired) electrons. The highest BCUT2D eigenvalue weighted by atomic mass is 16.5. The lowest BCUT2D eigenvalue weighted by Crippen LogP contribution is -2.47. The maximum Gasteiger partial charge on any atom is 0.271 e. The second-order valence-electron chi connectivity index (χ2n) is 6.66. The molecule has 1 aliphatic heterocycles. The van der Waals surface area contributed by atoms with E-state index >= 15 is 0 Å². The lowest BCUT2D eigenvalue weighted by molar-refractivity contribution is -0.136. The highest BCUT2D eigenvalue weighted by Crippen LogP contribution is 2.28. The van der Waals surface area contributed by atoms with E-state index in [-0.39, 0.29) is 23.8 Å². The predicted molar refractivity (Wildman–Crippen MR) is 99.1 cm³/mol. The van der Waals surface area contributed by atoms with Gasteiger partial charge in [-0.15, -0.1) is 0 Å². The lowest BCUT2D eigenvalue weighted by atomic mass is 10.1. The van der Waals surface area contributed by atoms with E-state index < -0.39 is 17.9 Å². The molecule has 1 atom stereocenters. The summed E-state index contributed by atoms with van der Waals surface area (Å²) in [5, 5.41) is 0. The first kappa shape index (κ1) is 18.6. The monoisotopic (exact) mass is 367 g/mol. The van der Waals surface area contributed by atoms with E-state index in [0.29, 0.717) is 17.1 Å². The Bertz CT molecular complexity index is 872. The number of carbonyl (C=O) groups excluding carboxylic acids is 3.